The summed E-state index contributed by atoms with van der Waals surface area (Å²) in [6.45, 7) is 0. The van der Waals surface area contributed by atoms with Gasteiger partial charge >= 0.3 is 13.3 Å². The van der Waals surface area contributed by atoms with E-state index in [2.05, 4.69) is 15.9 Å². The van der Waals surface area contributed by atoms with E-state index in [1.165, 1.54) is 0 Å². The Morgan fingerprint density at radius 1 is 1.47 bits per heavy atom. The molecule has 1 aromatic heterocycles. The summed E-state index contributed by atoms with van der Waals surface area (Å²) in [5.41, 5.74) is -1.39. The van der Waals surface area contributed by atoms with E-state index >= 15 is 0 Å². The van der Waals surface area contributed by atoms with Gasteiger partial charge in [-0.15, -0.1) is 0 Å². The van der Waals surface area contributed by atoms with Crippen LogP contribution in [-0.2, 0) is 4.57 Å². The number of nitrogens with zero attached hydrogens (tertiary/aromatic N) is 1. The summed E-state index contributed by atoms with van der Waals surface area (Å²) in [5, 5.41) is 0. The van der Waals surface area contributed by atoms with Gasteiger partial charge in [0.2, 0.25) is 0 Å². The fourth-order valence-electron chi connectivity index (χ4n) is 0.730. The van der Waals surface area contributed by atoms with Gasteiger partial charge in [0.25, 0.3) is 5.56 Å². The number of nitrogens with one attached hydrogen (secondary N) is 1. The van der Waals surface area contributed by atoms with Crippen LogP contribution in [0.3, 0.4) is 0 Å². The number of halogens is 1. The zero-order valence-electron chi connectivity index (χ0n) is 7.12. The zero-order chi connectivity index (χ0) is 11.6. The van der Waals surface area contributed by atoms with Gasteiger partial charge in [-0.2, -0.15) is 0 Å². The molecule has 0 radical (unpaired) electrons. The van der Waals surface area contributed by atoms with Crippen LogP contribution in [0.25, 0.3) is 6.20 Å². The lowest BCUT2D eigenvalue weighted by atomic mass is 10.6. The molecule has 0 saturated heterocycles. The first-order valence-corrected chi connectivity index (χ1v) is 6.02. The second-order valence-electron chi connectivity index (χ2n) is 2.53. The highest BCUT2D eigenvalue weighted by Gasteiger charge is 2.06. The van der Waals surface area contributed by atoms with Crippen LogP contribution in [0.2, 0.25) is 0 Å². The third kappa shape index (κ3) is 3.60. The van der Waals surface area contributed by atoms with Gasteiger partial charge in [0.1, 0.15) is 0 Å². The minimum absolute atomic E-state index is 0.0810. The van der Waals surface area contributed by atoms with Crippen LogP contribution in [0, 0.1) is 0 Å². The van der Waals surface area contributed by atoms with E-state index in [4.69, 9.17) is 9.79 Å². The standard InChI is InChI=1S/C6H6BrN2O5P/c7-4-3-9(1-2-15(12,13)14)6(11)8-5(4)10/h1-3H,(H,8,10,11)(H2,12,13,14)/b2-1+. The quantitative estimate of drug-likeness (QED) is 0.660. The number of hydrogen-bond acceptors (Lipinski definition) is 3. The van der Waals surface area contributed by atoms with Crippen molar-refractivity contribution in [2.24, 2.45) is 0 Å². The van der Waals surface area contributed by atoms with Crippen molar-refractivity contribution in [2.45, 2.75) is 0 Å². The topological polar surface area (TPSA) is 112 Å². The predicted molar refractivity (Wildman–Crippen MR) is 56.4 cm³/mol. The van der Waals surface area contributed by atoms with Crippen LogP contribution in [0.15, 0.2) is 26.1 Å². The largest absolute Gasteiger partial charge is 0.350 e. The summed E-state index contributed by atoms with van der Waals surface area (Å²) in [5.74, 6) is 0.555. The summed E-state index contributed by atoms with van der Waals surface area (Å²) in [6.07, 6.45) is 1.98. The minimum atomic E-state index is -4.33. The first-order valence-electron chi connectivity index (χ1n) is 3.55. The van der Waals surface area contributed by atoms with E-state index in [1.807, 2.05) is 4.98 Å². The van der Waals surface area contributed by atoms with Crippen molar-refractivity contribution in [2.75, 3.05) is 0 Å². The number of H-pyrrole nitrogens is 1. The molecule has 82 valence electrons. The van der Waals surface area contributed by atoms with Crippen molar-refractivity contribution < 1.29 is 14.4 Å². The number of hydrogen-bond donors (Lipinski definition) is 3. The molecule has 7 nitrogen and oxygen atoms in total. The molecule has 0 bridgehead atoms. The Morgan fingerprint density at radius 2 is 2.07 bits per heavy atom. The fourth-order valence-corrected chi connectivity index (χ4v) is 1.37. The maximum Gasteiger partial charge on any atom is 0.350 e. The van der Waals surface area contributed by atoms with Crippen LogP contribution in [0.1, 0.15) is 0 Å². The monoisotopic (exact) mass is 296 g/mol. The molecule has 1 rings (SSSR count). The Kier molecular flexibility index (Phi) is 3.46. The normalized spacial score (nSPS) is 12.2. The van der Waals surface area contributed by atoms with Gasteiger partial charge < -0.3 is 9.79 Å². The molecule has 0 unspecified atom stereocenters. The molecule has 3 N–H and O–H groups in total. The van der Waals surface area contributed by atoms with Crippen molar-refractivity contribution in [1.29, 1.82) is 0 Å². The van der Waals surface area contributed by atoms with Crippen LogP contribution in [0.5, 0.6) is 0 Å². The summed E-state index contributed by atoms with van der Waals surface area (Å²) in [4.78, 5) is 41.0. The first-order chi connectivity index (χ1) is 6.79. The molecule has 0 aliphatic carbocycles. The molecular formula is C6H6BrN2O5P. The summed E-state index contributed by atoms with van der Waals surface area (Å²) in [6, 6.07) is 0. The van der Waals surface area contributed by atoms with Crippen LogP contribution >= 0.6 is 23.5 Å². The molecule has 0 amide bonds. The molecular weight excluding hydrogens is 291 g/mol. The average Bonchev–Trinajstić information content (AvgIpc) is 2.07. The molecule has 1 aromatic rings. The SMILES string of the molecule is O=c1[nH]c(=O)n(/C=C/P(=O)(O)O)cc1Br. The minimum Gasteiger partial charge on any atom is -0.321 e. The zero-order valence-corrected chi connectivity index (χ0v) is 9.60. The second kappa shape index (κ2) is 4.28. The van der Waals surface area contributed by atoms with E-state index in [9.17, 15) is 14.2 Å². The van der Waals surface area contributed by atoms with Crippen molar-refractivity contribution in [1.82, 2.24) is 9.55 Å². The van der Waals surface area contributed by atoms with Gasteiger partial charge in [0, 0.05) is 18.2 Å². The average molecular weight is 297 g/mol. The lowest BCUT2D eigenvalue weighted by molar-refractivity contribution is 0.386. The Morgan fingerprint density at radius 3 is 2.60 bits per heavy atom. The Bertz CT molecular complexity index is 553. The predicted octanol–water partition coefficient (Wildman–Crippen LogP) is -0.0950. The van der Waals surface area contributed by atoms with Gasteiger partial charge in [-0.05, 0) is 15.9 Å². The van der Waals surface area contributed by atoms with E-state index in [1.54, 1.807) is 0 Å². The molecule has 1 heterocycles. The van der Waals surface area contributed by atoms with Crippen molar-refractivity contribution >= 4 is 29.7 Å². The van der Waals surface area contributed by atoms with Gasteiger partial charge in [0.15, 0.2) is 0 Å². The van der Waals surface area contributed by atoms with E-state index in [-0.39, 0.29) is 4.47 Å². The maximum atomic E-state index is 11.1. The van der Waals surface area contributed by atoms with E-state index < -0.39 is 18.8 Å². The summed E-state index contributed by atoms with van der Waals surface area (Å²) < 4.78 is 11.4. The molecule has 15 heavy (non-hydrogen) atoms. The third-order valence-corrected chi connectivity index (χ3v) is 2.43. The molecule has 0 saturated carbocycles. The van der Waals surface area contributed by atoms with Gasteiger partial charge in [0.05, 0.1) is 4.47 Å². The van der Waals surface area contributed by atoms with Crippen LogP contribution < -0.4 is 11.2 Å². The van der Waals surface area contributed by atoms with Crippen LogP contribution in [0.4, 0.5) is 0 Å². The molecule has 9 heteroatoms. The Labute approximate surface area is 91.4 Å². The van der Waals surface area contributed by atoms with Gasteiger partial charge in [-0.3, -0.25) is 18.9 Å². The number of aromatic nitrogens is 2. The van der Waals surface area contributed by atoms with Crippen LogP contribution in [-0.4, -0.2) is 19.3 Å². The maximum absolute atomic E-state index is 11.1. The molecule has 0 aliphatic heterocycles. The Hall–Kier alpha value is -0.950. The lowest BCUT2D eigenvalue weighted by Gasteiger charge is -1.98. The highest BCUT2D eigenvalue weighted by atomic mass is 79.9. The number of rotatable bonds is 2. The van der Waals surface area contributed by atoms with Gasteiger partial charge in [-0.1, -0.05) is 0 Å². The molecule has 0 fully saturated rings. The fraction of sp³-hybridized carbons (Fsp3) is 0. The third-order valence-electron chi connectivity index (χ3n) is 1.35. The Balaban J connectivity index is 3.24. The first kappa shape index (κ1) is 12.1. The van der Waals surface area contributed by atoms with Crippen molar-refractivity contribution in [3.63, 3.8) is 0 Å². The number of aromatic amines is 1. The van der Waals surface area contributed by atoms with E-state index in [0.717, 1.165) is 17.0 Å². The summed E-state index contributed by atoms with van der Waals surface area (Å²) >= 11 is 2.87. The molecule has 0 atom stereocenters. The van der Waals surface area contributed by atoms with Gasteiger partial charge in [-0.25, -0.2) is 4.79 Å². The molecule has 0 aliphatic rings. The van der Waals surface area contributed by atoms with Crippen molar-refractivity contribution in [3.8, 4) is 0 Å². The van der Waals surface area contributed by atoms with E-state index in [0.29, 0.717) is 5.82 Å². The van der Waals surface area contributed by atoms with Crippen molar-refractivity contribution in [3.05, 3.63) is 37.3 Å². The highest BCUT2D eigenvalue weighted by molar-refractivity contribution is 9.10. The highest BCUT2D eigenvalue weighted by Crippen LogP contribution is 2.35. The molecule has 0 spiro atoms. The molecule has 0 aromatic carbocycles. The lowest BCUT2D eigenvalue weighted by Crippen LogP contribution is -2.27. The second-order valence-corrected chi connectivity index (χ2v) is 4.86. The summed E-state index contributed by atoms with van der Waals surface area (Å²) in [7, 11) is -4.33. The smallest absolute Gasteiger partial charge is 0.321 e.